The molecule has 0 saturated carbocycles. The summed E-state index contributed by atoms with van der Waals surface area (Å²) in [4.78, 5) is 13.9. The van der Waals surface area contributed by atoms with Crippen molar-refractivity contribution in [1.29, 1.82) is 0 Å². The maximum atomic E-state index is 13.9. The van der Waals surface area contributed by atoms with Crippen molar-refractivity contribution >= 4 is 11.0 Å². The second kappa shape index (κ2) is 12.4. The predicted octanol–water partition coefficient (Wildman–Crippen LogP) is -1.74. The molecule has 2 aromatic carbocycles. The van der Waals surface area contributed by atoms with Crippen LogP contribution in [0.15, 0.2) is 39.5 Å². The van der Waals surface area contributed by atoms with Gasteiger partial charge in [-0.1, -0.05) is 0 Å². The minimum atomic E-state index is -1.82. The Morgan fingerprint density at radius 3 is 2.02 bits per heavy atom. The van der Waals surface area contributed by atoms with Gasteiger partial charge in [0.1, 0.15) is 59.6 Å². The van der Waals surface area contributed by atoms with Gasteiger partial charge in [-0.25, -0.2) is 0 Å². The zero-order chi connectivity index (χ0) is 32.0. The fraction of sp³-hybridized carbons (Fsp3) is 0.464. The molecule has 0 amide bonds. The number of aliphatic hydroxyl groups excluding tert-OH is 7. The third kappa shape index (κ3) is 5.51. The van der Waals surface area contributed by atoms with E-state index in [0.717, 1.165) is 6.07 Å². The highest BCUT2D eigenvalue weighted by Gasteiger charge is 2.46. The monoisotopic (exact) mass is 624 g/mol. The molecule has 240 valence electrons. The molecule has 16 heteroatoms. The van der Waals surface area contributed by atoms with Gasteiger partial charge in [-0.2, -0.15) is 0 Å². The Balaban J connectivity index is 1.65. The Labute approximate surface area is 248 Å². The SMILES string of the molecule is COc1c(O[C@@H]2O[C@H](CO)[C@@H](O)[C@H](O)[C@H]2O)cc(O)c2c(=O)c(O[C@@H]3O[C@@H](C)[C@H](O)[C@@H](O)[C@H]3O)c(-c3ccc(O)cc3)oc12. The van der Waals surface area contributed by atoms with E-state index in [1.165, 1.54) is 38.3 Å². The molecule has 2 aliphatic heterocycles. The number of aliphatic hydroxyl groups is 7. The maximum absolute atomic E-state index is 13.9. The summed E-state index contributed by atoms with van der Waals surface area (Å²) in [6.07, 6.45) is -15.9. The van der Waals surface area contributed by atoms with Gasteiger partial charge in [-0.05, 0) is 31.2 Å². The average Bonchev–Trinajstić information content (AvgIpc) is 3.00. The molecule has 1 aromatic heterocycles. The van der Waals surface area contributed by atoms with E-state index >= 15 is 0 Å². The molecule has 0 unspecified atom stereocenters. The number of hydrogen-bond donors (Lipinski definition) is 9. The van der Waals surface area contributed by atoms with Crippen LogP contribution in [0.1, 0.15) is 6.92 Å². The molecule has 2 saturated heterocycles. The molecule has 3 heterocycles. The number of phenols is 2. The zero-order valence-corrected chi connectivity index (χ0v) is 23.3. The summed E-state index contributed by atoms with van der Waals surface area (Å²) in [5, 5.41) is 91.3. The third-order valence-electron chi connectivity index (χ3n) is 7.49. The van der Waals surface area contributed by atoms with Gasteiger partial charge in [0, 0.05) is 11.6 Å². The van der Waals surface area contributed by atoms with E-state index in [1.54, 1.807) is 0 Å². The first-order valence-corrected chi connectivity index (χ1v) is 13.4. The van der Waals surface area contributed by atoms with Crippen LogP contribution in [0.25, 0.3) is 22.3 Å². The van der Waals surface area contributed by atoms with Gasteiger partial charge in [0.05, 0.1) is 19.8 Å². The quantitative estimate of drug-likeness (QED) is 0.141. The number of fused-ring (bicyclic) bond motifs is 1. The van der Waals surface area contributed by atoms with Crippen LogP contribution in [-0.4, -0.2) is 121 Å². The van der Waals surface area contributed by atoms with Crippen molar-refractivity contribution in [2.24, 2.45) is 0 Å². The van der Waals surface area contributed by atoms with E-state index in [1.807, 2.05) is 0 Å². The number of benzene rings is 2. The largest absolute Gasteiger partial charge is 0.508 e. The third-order valence-corrected chi connectivity index (χ3v) is 7.49. The van der Waals surface area contributed by atoms with E-state index in [2.05, 4.69) is 0 Å². The fourth-order valence-corrected chi connectivity index (χ4v) is 4.99. The number of aromatic hydroxyl groups is 2. The van der Waals surface area contributed by atoms with Crippen molar-refractivity contribution < 1.29 is 74.1 Å². The van der Waals surface area contributed by atoms with Crippen LogP contribution >= 0.6 is 0 Å². The molecule has 16 nitrogen and oxygen atoms in total. The molecular formula is C28H32O16. The molecule has 44 heavy (non-hydrogen) atoms. The lowest BCUT2D eigenvalue weighted by atomic mass is 9.99. The summed E-state index contributed by atoms with van der Waals surface area (Å²) in [6, 6.07) is 6.23. The van der Waals surface area contributed by atoms with Crippen LogP contribution in [-0.2, 0) is 9.47 Å². The summed E-state index contributed by atoms with van der Waals surface area (Å²) in [6.45, 7) is 0.681. The van der Waals surface area contributed by atoms with E-state index in [9.17, 15) is 50.8 Å². The molecule has 9 N–H and O–H groups in total. The molecule has 5 rings (SSSR count). The summed E-state index contributed by atoms with van der Waals surface area (Å²) in [5.41, 5.74) is -1.22. The van der Waals surface area contributed by atoms with Gasteiger partial charge >= 0.3 is 0 Å². The lowest BCUT2D eigenvalue weighted by Gasteiger charge is -2.39. The molecule has 10 atom stereocenters. The van der Waals surface area contributed by atoms with E-state index < -0.39 is 90.3 Å². The predicted molar refractivity (Wildman–Crippen MR) is 145 cm³/mol. The van der Waals surface area contributed by atoms with Gasteiger partial charge in [-0.15, -0.1) is 0 Å². The Morgan fingerprint density at radius 1 is 0.795 bits per heavy atom. The van der Waals surface area contributed by atoms with Crippen molar-refractivity contribution in [3.8, 4) is 40.1 Å². The van der Waals surface area contributed by atoms with Crippen LogP contribution < -0.4 is 19.6 Å². The van der Waals surface area contributed by atoms with Crippen LogP contribution in [0.4, 0.5) is 0 Å². The first-order valence-electron chi connectivity index (χ1n) is 13.4. The zero-order valence-electron chi connectivity index (χ0n) is 23.3. The van der Waals surface area contributed by atoms with Crippen LogP contribution in [0.3, 0.4) is 0 Å². The number of ether oxygens (including phenoxy) is 5. The second-order valence-electron chi connectivity index (χ2n) is 10.4. The van der Waals surface area contributed by atoms with Gasteiger partial charge in [0.2, 0.25) is 29.5 Å². The lowest BCUT2D eigenvalue weighted by molar-refractivity contribution is -0.277. The molecule has 2 fully saturated rings. The van der Waals surface area contributed by atoms with Crippen molar-refractivity contribution in [3.05, 3.63) is 40.6 Å². The summed E-state index contributed by atoms with van der Waals surface area (Å²) in [7, 11) is 1.18. The highest BCUT2D eigenvalue weighted by molar-refractivity contribution is 5.93. The molecule has 2 aliphatic rings. The first kappa shape index (κ1) is 31.7. The Bertz CT molecular complexity index is 1540. The topological polar surface area (TPSA) is 258 Å². The number of hydrogen-bond acceptors (Lipinski definition) is 16. The first-order chi connectivity index (χ1) is 20.9. The van der Waals surface area contributed by atoms with Crippen molar-refractivity contribution in [2.75, 3.05) is 13.7 Å². The number of phenolic OH excluding ortho intramolecular Hbond substituents is 2. The minimum Gasteiger partial charge on any atom is -0.508 e. The standard InChI is InChI=1S/C28H32O16/c1-9-16(32)19(35)21(37)27(40-9)44-26-18(34)15-12(31)7-13(41-28-22(38)20(36)17(33)14(8-29)42-28)24(39-2)25(15)43-23(26)10-3-5-11(30)6-4-10/h3-7,9,14,16-17,19-22,27-33,35-38H,8H2,1-2H3/t9-,14+,16-,17+,19+,20-,21+,22+,27-,28+/m0/s1. The van der Waals surface area contributed by atoms with Gasteiger partial charge in [0.15, 0.2) is 17.1 Å². The number of rotatable bonds is 7. The summed E-state index contributed by atoms with van der Waals surface area (Å²) in [5.74, 6) is -2.36. The lowest BCUT2D eigenvalue weighted by Crippen LogP contribution is -2.60. The van der Waals surface area contributed by atoms with Crippen LogP contribution in [0.2, 0.25) is 0 Å². The van der Waals surface area contributed by atoms with E-state index in [-0.39, 0.29) is 34.2 Å². The average molecular weight is 625 g/mol. The Morgan fingerprint density at radius 2 is 1.41 bits per heavy atom. The Kier molecular flexibility index (Phi) is 8.90. The highest BCUT2D eigenvalue weighted by Crippen LogP contribution is 2.45. The maximum Gasteiger partial charge on any atom is 0.239 e. The van der Waals surface area contributed by atoms with Crippen molar-refractivity contribution in [3.63, 3.8) is 0 Å². The van der Waals surface area contributed by atoms with Gasteiger partial charge in [0.25, 0.3) is 0 Å². The summed E-state index contributed by atoms with van der Waals surface area (Å²) >= 11 is 0. The minimum absolute atomic E-state index is 0.123. The molecule has 0 radical (unpaired) electrons. The Hall–Kier alpha value is -3.71. The highest BCUT2D eigenvalue weighted by atomic mass is 16.7. The molecule has 0 aliphatic carbocycles. The number of methoxy groups -OCH3 is 1. The fourth-order valence-electron chi connectivity index (χ4n) is 4.99. The van der Waals surface area contributed by atoms with Gasteiger partial charge in [-0.3, -0.25) is 4.79 Å². The smallest absolute Gasteiger partial charge is 0.239 e. The molecule has 0 spiro atoms. The van der Waals surface area contributed by atoms with Gasteiger partial charge < -0.3 is 74.1 Å². The van der Waals surface area contributed by atoms with E-state index in [4.69, 9.17) is 28.1 Å². The second-order valence-corrected chi connectivity index (χ2v) is 10.4. The molecule has 3 aromatic rings. The van der Waals surface area contributed by atoms with Crippen molar-refractivity contribution in [2.45, 2.75) is 68.3 Å². The van der Waals surface area contributed by atoms with Crippen LogP contribution in [0, 0.1) is 0 Å². The van der Waals surface area contributed by atoms with Crippen molar-refractivity contribution in [1.82, 2.24) is 0 Å². The molecule has 0 bridgehead atoms. The normalized spacial score (nSPS) is 32.4. The van der Waals surface area contributed by atoms with E-state index in [0.29, 0.717) is 0 Å². The molecular weight excluding hydrogens is 592 g/mol. The van der Waals surface area contributed by atoms with Crippen LogP contribution in [0.5, 0.6) is 28.7 Å². The summed E-state index contributed by atoms with van der Waals surface area (Å²) < 4.78 is 33.7.